The molecule has 11 nitrogen and oxygen atoms in total. The van der Waals surface area contributed by atoms with Gasteiger partial charge in [-0.25, -0.2) is 9.37 Å². The first-order valence-electron chi connectivity index (χ1n) is 16.8. The smallest absolute Gasteiger partial charge is 0.308 e. The number of nitrogens with zero attached hydrogens (tertiary/aromatic N) is 4. The van der Waals surface area contributed by atoms with Gasteiger partial charge in [-0.3, -0.25) is 24.3 Å². The number of anilines is 2. The van der Waals surface area contributed by atoms with E-state index in [2.05, 4.69) is 25.6 Å². The lowest BCUT2D eigenvalue weighted by atomic mass is 9.80. The van der Waals surface area contributed by atoms with E-state index in [-0.39, 0.29) is 42.2 Å². The summed E-state index contributed by atoms with van der Waals surface area (Å²) >= 11 is 0. The number of alkyl halides is 1. The van der Waals surface area contributed by atoms with Gasteiger partial charge in [0.2, 0.25) is 11.9 Å². The molecular formula is C33H49FN6O5. The van der Waals surface area contributed by atoms with Crippen LogP contribution in [0, 0.1) is 23.7 Å². The highest BCUT2D eigenvalue weighted by Crippen LogP contribution is 2.48. The van der Waals surface area contributed by atoms with Gasteiger partial charge in [0.15, 0.2) is 28.9 Å². The Labute approximate surface area is 264 Å². The third-order valence-electron chi connectivity index (χ3n) is 9.87. The summed E-state index contributed by atoms with van der Waals surface area (Å²) in [4.78, 5) is 52.1. The number of esters is 1. The van der Waals surface area contributed by atoms with Crippen LogP contribution in [-0.4, -0.2) is 62.6 Å². The van der Waals surface area contributed by atoms with E-state index in [0.29, 0.717) is 36.0 Å². The molecule has 2 aliphatic carbocycles. The molecule has 2 aromatic heterocycles. The van der Waals surface area contributed by atoms with Crippen molar-refractivity contribution in [1.82, 2.24) is 19.5 Å². The van der Waals surface area contributed by atoms with Crippen LogP contribution in [-0.2, 0) is 23.9 Å². The lowest BCUT2D eigenvalue weighted by Crippen LogP contribution is -2.38. The molecule has 0 bridgehead atoms. The number of hydrogen-bond acceptors (Lipinski definition) is 9. The predicted molar refractivity (Wildman–Crippen MR) is 168 cm³/mol. The minimum Gasteiger partial charge on any atom is -0.463 e. The maximum atomic E-state index is 17.1. The second kappa shape index (κ2) is 14.5. The van der Waals surface area contributed by atoms with Crippen molar-refractivity contribution in [3.63, 3.8) is 0 Å². The van der Waals surface area contributed by atoms with Gasteiger partial charge in [0.25, 0.3) is 0 Å². The van der Waals surface area contributed by atoms with E-state index in [9.17, 15) is 14.4 Å². The topological polar surface area (TPSA) is 137 Å². The van der Waals surface area contributed by atoms with Crippen LogP contribution in [0.3, 0.4) is 0 Å². The summed E-state index contributed by atoms with van der Waals surface area (Å²) in [5.74, 6) is -0.639. The predicted octanol–water partition coefficient (Wildman–Crippen LogP) is 6.15. The quantitative estimate of drug-likeness (QED) is 0.265. The molecule has 1 aliphatic heterocycles. The zero-order chi connectivity index (χ0) is 32.1. The monoisotopic (exact) mass is 628 g/mol. The van der Waals surface area contributed by atoms with Gasteiger partial charge in [-0.05, 0) is 31.6 Å². The van der Waals surface area contributed by atoms with E-state index in [1.54, 1.807) is 20.9 Å². The molecule has 2 aromatic rings. The van der Waals surface area contributed by atoms with Gasteiger partial charge in [-0.1, -0.05) is 65.2 Å². The van der Waals surface area contributed by atoms with Crippen LogP contribution in [0.15, 0.2) is 6.33 Å². The molecule has 3 fully saturated rings. The van der Waals surface area contributed by atoms with Crippen LogP contribution in [0.5, 0.6) is 0 Å². The molecule has 2 N–H and O–H groups in total. The van der Waals surface area contributed by atoms with Crippen molar-refractivity contribution in [2.45, 2.75) is 122 Å². The summed E-state index contributed by atoms with van der Waals surface area (Å²) in [6.45, 7) is 4.72. The molecule has 248 valence electrons. The van der Waals surface area contributed by atoms with E-state index in [1.165, 1.54) is 30.7 Å². The van der Waals surface area contributed by atoms with Crippen LogP contribution < -0.4 is 10.6 Å². The van der Waals surface area contributed by atoms with E-state index < -0.39 is 29.9 Å². The number of rotatable bonds is 12. The normalized spacial score (nSPS) is 26.3. The third-order valence-corrected chi connectivity index (χ3v) is 9.87. The number of imidazole rings is 1. The Balaban J connectivity index is 1.40. The summed E-state index contributed by atoms with van der Waals surface area (Å²) in [6, 6.07) is 0. The van der Waals surface area contributed by atoms with E-state index in [1.807, 2.05) is 0 Å². The van der Waals surface area contributed by atoms with Crippen molar-refractivity contribution in [2.75, 3.05) is 24.3 Å². The summed E-state index contributed by atoms with van der Waals surface area (Å²) in [6.07, 6.45) is 11.2. The van der Waals surface area contributed by atoms with Gasteiger partial charge in [0.05, 0.1) is 12.2 Å². The number of ketones is 1. The van der Waals surface area contributed by atoms with Gasteiger partial charge >= 0.3 is 5.97 Å². The largest absolute Gasteiger partial charge is 0.463 e. The van der Waals surface area contributed by atoms with Crippen molar-refractivity contribution in [2.24, 2.45) is 23.7 Å². The van der Waals surface area contributed by atoms with Crippen LogP contribution in [0.2, 0.25) is 0 Å². The van der Waals surface area contributed by atoms with Crippen molar-refractivity contribution < 1.29 is 28.2 Å². The van der Waals surface area contributed by atoms with Crippen molar-refractivity contribution >= 4 is 40.6 Å². The number of carbonyl (C=O) groups excluding carboxylic acids is 3. The van der Waals surface area contributed by atoms with Crippen LogP contribution in [0.25, 0.3) is 11.2 Å². The molecule has 4 atom stereocenters. The van der Waals surface area contributed by atoms with Crippen molar-refractivity contribution in [3.05, 3.63) is 6.33 Å². The van der Waals surface area contributed by atoms with Crippen molar-refractivity contribution in [3.8, 4) is 0 Å². The Morgan fingerprint density at radius 1 is 1.02 bits per heavy atom. The number of aromatic nitrogens is 4. The lowest BCUT2D eigenvalue weighted by Gasteiger charge is -2.28. The minimum absolute atomic E-state index is 0.00143. The Kier molecular flexibility index (Phi) is 10.7. The number of amides is 1. The van der Waals surface area contributed by atoms with E-state index >= 15 is 4.39 Å². The van der Waals surface area contributed by atoms with Gasteiger partial charge in [0, 0.05) is 32.2 Å². The molecular weight excluding hydrogens is 579 g/mol. The zero-order valence-corrected chi connectivity index (χ0v) is 27.1. The minimum atomic E-state index is -2.03. The number of carbonyl (C=O) groups is 3. The number of halogens is 1. The average Bonchev–Trinajstić information content (AvgIpc) is 3.53. The molecule has 0 spiro atoms. The standard InChI is InChI=1S/C33H49FN6O5/c1-20(2)30(43)44-18-25-24(17-23(41)15-21-11-7-5-8-12-21)33(3,34)31(45-25)40-19-36-27-28(35-4)38-32(39-29(27)40)37-26(42)16-22-13-9-6-10-14-22/h19-22,24-25,31H,5-18H2,1-4H3,(H2,35,37,38,39,42)/t24-,25-,31-,33-/m1/s1. The number of nitrogens with one attached hydrogen (secondary N) is 2. The molecule has 0 unspecified atom stereocenters. The molecule has 1 saturated heterocycles. The lowest BCUT2D eigenvalue weighted by molar-refractivity contribution is -0.153. The van der Waals surface area contributed by atoms with Crippen molar-refractivity contribution in [1.29, 1.82) is 0 Å². The molecule has 0 aromatic carbocycles. The maximum Gasteiger partial charge on any atom is 0.308 e. The SMILES string of the molecule is CNc1nc(NC(=O)CC2CCCCC2)nc2c1ncn2[C@@H]1O[C@H](COC(=O)C(C)C)[C@@H](CC(=O)CC2CCCCC2)[C@@]1(C)F. The maximum absolute atomic E-state index is 17.1. The Morgan fingerprint density at radius 2 is 1.67 bits per heavy atom. The average molecular weight is 629 g/mol. The number of ether oxygens (including phenoxy) is 2. The first-order chi connectivity index (χ1) is 21.6. The molecule has 0 radical (unpaired) electrons. The second-order valence-corrected chi connectivity index (χ2v) is 13.7. The fourth-order valence-electron chi connectivity index (χ4n) is 7.28. The highest BCUT2D eigenvalue weighted by atomic mass is 19.1. The zero-order valence-electron chi connectivity index (χ0n) is 27.1. The second-order valence-electron chi connectivity index (χ2n) is 13.7. The molecule has 5 rings (SSSR count). The van der Waals surface area contributed by atoms with E-state index in [0.717, 1.165) is 51.4 Å². The van der Waals surface area contributed by atoms with Gasteiger partial charge in [-0.15, -0.1) is 0 Å². The molecule has 3 aliphatic rings. The first kappa shape index (κ1) is 33.2. The highest BCUT2D eigenvalue weighted by molar-refractivity contribution is 5.91. The summed E-state index contributed by atoms with van der Waals surface area (Å²) < 4.78 is 30.4. The third kappa shape index (κ3) is 7.81. The Bertz CT molecular complexity index is 1350. The molecule has 2 saturated carbocycles. The van der Waals surface area contributed by atoms with Crippen LogP contribution >= 0.6 is 0 Å². The highest BCUT2D eigenvalue weighted by Gasteiger charge is 2.56. The van der Waals surface area contributed by atoms with E-state index in [4.69, 9.17) is 9.47 Å². The number of hydrogen-bond donors (Lipinski definition) is 2. The fraction of sp³-hybridized carbons (Fsp3) is 0.758. The molecule has 12 heteroatoms. The number of Topliss-reactive ketones (excluding diaryl/α,β-unsaturated/α-hetero) is 1. The van der Waals surface area contributed by atoms with Gasteiger partial charge in [0.1, 0.15) is 18.5 Å². The van der Waals surface area contributed by atoms with Crippen LogP contribution in [0.4, 0.5) is 16.2 Å². The Morgan fingerprint density at radius 3 is 2.29 bits per heavy atom. The molecule has 1 amide bonds. The number of fused-ring (bicyclic) bond motifs is 1. The first-order valence-corrected chi connectivity index (χ1v) is 16.8. The fourth-order valence-corrected chi connectivity index (χ4v) is 7.28. The van der Waals surface area contributed by atoms with Gasteiger partial charge in [-0.2, -0.15) is 9.97 Å². The molecule has 3 heterocycles. The van der Waals surface area contributed by atoms with Crippen LogP contribution in [0.1, 0.15) is 110 Å². The van der Waals surface area contributed by atoms with Gasteiger partial charge < -0.3 is 14.8 Å². The Hall–Kier alpha value is -3.15. The molecule has 45 heavy (non-hydrogen) atoms. The summed E-state index contributed by atoms with van der Waals surface area (Å²) in [5.41, 5.74) is -1.36. The summed E-state index contributed by atoms with van der Waals surface area (Å²) in [5, 5.41) is 5.83. The summed E-state index contributed by atoms with van der Waals surface area (Å²) in [7, 11) is 1.69.